The zero-order valence-corrected chi connectivity index (χ0v) is 13.3. The molecule has 1 aromatic carbocycles. The van der Waals surface area contributed by atoms with Crippen LogP contribution < -0.4 is 4.74 Å². The quantitative estimate of drug-likeness (QED) is 0.786. The van der Waals surface area contributed by atoms with Gasteiger partial charge in [-0.05, 0) is 47.9 Å². The van der Waals surface area contributed by atoms with E-state index >= 15 is 0 Å². The molecule has 4 rings (SSSR count). The number of H-pyrrole nitrogens is 1. The Hall–Kier alpha value is -2.66. The number of pyridine rings is 1. The standard InChI is InChI=1S/C19H17FN2O2/c1-23-18-3-2-13(20)10-15(18)14-4-7-21-19-16(14)11-17(22-19)12-5-8-24-9-6-12/h2-5,7,10-11H,6,8-9H2,1H3,(H,21,22). The number of aromatic nitrogens is 2. The number of aromatic amines is 1. The molecule has 0 aliphatic carbocycles. The summed E-state index contributed by atoms with van der Waals surface area (Å²) >= 11 is 0. The van der Waals surface area contributed by atoms with Gasteiger partial charge < -0.3 is 14.5 Å². The highest BCUT2D eigenvalue weighted by molar-refractivity contribution is 5.96. The Balaban J connectivity index is 1.89. The molecule has 0 spiro atoms. The first-order chi connectivity index (χ1) is 11.8. The number of halogens is 1. The van der Waals surface area contributed by atoms with Crippen LogP contribution in [0.5, 0.6) is 5.75 Å². The number of benzene rings is 1. The maximum atomic E-state index is 13.8. The Morgan fingerprint density at radius 3 is 2.92 bits per heavy atom. The summed E-state index contributed by atoms with van der Waals surface area (Å²) in [6, 6.07) is 8.49. The highest BCUT2D eigenvalue weighted by atomic mass is 19.1. The molecule has 1 N–H and O–H groups in total. The van der Waals surface area contributed by atoms with E-state index in [4.69, 9.17) is 9.47 Å². The lowest BCUT2D eigenvalue weighted by molar-refractivity contribution is 0.161. The van der Waals surface area contributed by atoms with E-state index in [1.54, 1.807) is 19.4 Å². The lowest BCUT2D eigenvalue weighted by Crippen LogP contribution is -2.03. The minimum atomic E-state index is -0.293. The second kappa shape index (κ2) is 6.09. The number of methoxy groups -OCH3 is 1. The number of ether oxygens (including phenoxy) is 2. The molecule has 3 heterocycles. The van der Waals surface area contributed by atoms with Crippen molar-refractivity contribution in [2.45, 2.75) is 6.42 Å². The van der Waals surface area contributed by atoms with Gasteiger partial charge in [0.1, 0.15) is 17.2 Å². The fourth-order valence-corrected chi connectivity index (χ4v) is 3.10. The van der Waals surface area contributed by atoms with Gasteiger partial charge in [0, 0.05) is 22.8 Å². The topological polar surface area (TPSA) is 47.1 Å². The highest BCUT2D eigenvalue weighted by Crippen LogP contribution is 2.36. The van der Waals surface area contributed by atoms with Gasteiger partial charge in [0.2, 0.25) is 0 Å². The van der Waals surface area contributed by atoms with Gasteiger partial charge in [-0.1, -0.05) is 6.08 Å². The van der Waals surface area contributed by atoms with Crippen molar-refractivity contribution >= 4 is 16.6 Å². The van der Waals surface area contributed by atoms with Gasteiger partial charge in [-0.2, -0.15) is 0 Å². The van der Waals surface area contributed by atoms with Gasteiger partial charge in [-0.3, -0.25) is 0 Å². The third-order valence-corrected chi connectivity index (χ3v) is 4.29. The molecule has 3 aromatic rings. The largest absolute Gasteiger partial charge is 0.496 e. The van der Waals surface area contributed by atoms with Crippen LogP contribution in [0.15, 0.2) is 42.6 Å². The molecular formula is C19H17FN2O2. The zero-order valence-electron chi connectivity index (χ0n) is 13.3. The summed E-state index contributed by atoms with van der Waals surface area (Å²) in [4.78, 5) is 7.77. The van der Waals surface area contributed by atoms with E-state index in [-0.39, 0.29) is 5.82 Å². The number of hydrogen-bond acceptors (Lipinski definition) is 3. The third kappa shape index (κ3) is 2.57. The Morgan fingerprint density at radius 2 is 2.12 bits per heavy atom. The Labute approximate surface area is 138 Å². The Morgan fingerprint density at radius 1 is 1.21 bits per heavy atom. The summed E-state index contributed by atoms with van der Waals surface area (Å²) in [7, 11) is 1.59. The van der Waals surface area contributed by atoms with E-state index in [1.165, 1.54) is 17.7 Å². The van der Waals surface area contributed by atoms with Crippen LogP contribution in [0.25, 0.3) is 27.7 Å². The van der Waals surface area contributed by atoms with E-state index in [9.17, 15) is 4.39 Å². The van der Waals surface area contributed by atoms with E-state index in [0.717, 1.165) is 40.9 Å². The molecule has 0 radical (unpaired) electrons. The van der Waals surface area contributed by atoms with Crippen molar-refractivity contribution in [3.8, 4) is 16.9 Å². The molecule has 0 unspecified atom stereocenters. The average molecular weight is 324 g/mol. The molecule has 0 fully saturated rings. The van der Waals surface area contributed by atoms with Crippen LogP contribution in [-0.4, -0.2) is 30.3 Å². The van der Waals surface area contributed by atoms with Crippen LogP contribution in [0.4, 0.5) is 4.39 Å². The van der Waals surface area contributed by atoms with Gasteiger partial charge in [0.15, 0.2) is 0 Å². The maximum Gasteiger partial charge on any atom is 0.138 e. The smallest absolute Gasteiger partial charge is 0.138 e. The number of hydrogen-bond donors (Lipinski definition) is 1. The van der Waals surface area contributed by atoms with Gasteiger partial charge in [-0.15, -0.1) is 0 Å². The second-order valence-electron chi connectivity index (χ2n) is 5.70. The zero-order chi connectivity index (χ0) is 16.5. The molecule has 0 saturated carbocycles. The molecule has 0 amide bonds. The monoisotopic (exact) mass is 324 g/mol. The predicted octanol–water partition coefficient (Wildman–Crippen LogP) is 4.18. The summed E-state index contributed by atoms with van der Waals surface area (Å²) in [6.07, 6.45) is 4.67. The van der Waals surface area contributed by atoms with Crippen molar-refractivity contribution in [1.82, 2.24) is 9.97 Å². The van der Waals surface area contributed by atoms with Gasteiger partial charge in [0.05, 0.1) is 20.3 Å². The molecule has 24 heavy (non-hydrogen) atoms. The number of nitrogens with one attached hydrogen (secondary N) is 1. The molecule has 122 valence electrons. The van der Waals surface area contributed by atoms with Crippen LogP contribution in [-0.2, 0) is 4.74 Å². The van der Waals surface area contributed by atoms with E-state index in [0.29, 0.717) is 12.4 Å². The average Bonchev–Trinajstić information content (AvgIpc) is 3.06. The maximum absolute atomic E-state index is 13.8. The van der Waals surface area contributed by atoms with Gasteiger partial charge >= 0.3 is 0 Å². The molecule has 4 nitrogen and oxygen atoms in total. The molecule has 2 aromatic heterocycles. The molecule has 1 aliphatic rings. The SMILES string of the molecule is COc1ccc(F)cc1-c1ccnc2[nH]c(C3=CCOCC3)cc12. The fraction of sp³-hybridized carbons (Fsp3) is 0.211. The molecule has 0 bridgehead atoms. The van der Waals surface area contributed by atoms with Crippen LogP contribution in [0, 0.1) is 5.82 Å². The van der Waals surface area contributed by atoms with Crippen LogP contribution >= 0.6 is 0 Å². The van der Waals surface area contributed by atoms with Gasteiger partial charge in [0.25, 0.3) is 0 Å². The molecule has 0 saturated heterocycles. The fourth-order valence-electron chi connectivity index (χ4n) is 3.10. The first-order valence-corrected chi connectivity index (χ1v) is 7.85. The summed E-state index contributed by atoms with van der Waals surface area (Å²) in [5, 5.41) is 0.948. The van der Waals surface area contributed by atoms with E-state index < -0.39 is 0 Å². The minimum absolute atomic E-state index is 0.293. The highest BCUT2D eigenvalue weighted by Gasteiger charge is 2.15. The normalized spacial score (nSPS) is 14.7. The van der Waals surface area contributed by atoms with Crippen LogP contribution in [0.1, 0.15) is 12.1 Å². The lowest BCUT2D eigenvalue weighted by atomic mass is 10.0. The summed E-state index contributed by atoms with van der Waals surface area (Å²) < 4.78 is 24.5. The minimum Gasteiger partial charge on any atom is -0.496 e. The Bertz CT molecular complexity index is 930. The van der Waals surface area contributed by atoms with Crippen molar-refractivity contribution < 1.29 is 13.9 Å². The van der Waals surface area contributed by atoms with E-state index in [2.05, 4.69) is 22.1 Å². The number of nitrogens with zero attached hydrogens (tertiary/aromatic N) is 1. The molecule has 1 aliphatic heterocycles. The predicted molar refractivity (Wildman–Crippen MR) is 91.5 cm³/mol. The molecule has 0 atom stereocenters. The van der Waals surface area contributed by atoms with Crippen LogP contribution in [0.2, 0.25) is 0 Å². The summed E-state index contributed by atoms with van der Waals surface area (Å²) in [5.74, 6) is 0.343. The van der Waals surface area contributed by atoms with Crippen molar-refractivity contribution in [3.05, 3.63) is 54.1 Å². The van der Waals surface area contributed by atoms with Gasteiger partial charge in [-0.25, -0.2) is 9.37 Å². The second-order valence-corrected chi connectivity index (χ2v) is 5.70. The third-order valence-electron chi connectivity index (χ3n) is 4.29. The van der Waals surface area contributed by atoms with Crippen LogP contribution in [0.3, 0.4) is 0 Å². The lowest BCUT2D eigenvalue weighted by Gasteiger charge is -2.11. The number of rotatable bonds is 3. The Kier molecular flexibility index (Phi) is 3.78. The summed E-state index contributed by atoms with van der Waals surface area (Å²) in [6.45, 7) is 1.35. The van der Waals surface area contributed by atoms with Crippen molar-refractivity contribution in [3.63, 3.8) is 0 Å². The van der Waals surface area contributed by atoms with Crippen molar-refractivity contribution in [1.29, 1.82) is 0 Å². The van der Waals surface area contributed by atoms with Crippen molar-refractivity contribution in [2.75, 3.05) is 20.3 Å². The molecular weight excluding hydrogens is 307 g/mol. The summed E-state index contributed by atoms with van der Waals surface area (Å²) in [5.41, 5.74) is 4.64. The number of fused-ring (bicyclic) bond motifs is 1. The first-order valence-electron chi connectivity index (χ1n) is 7.85. The molecule has 5 heteroatoms. The van der Waals surface area contributed by atoms with E-state index in [1.807, 2.05) is 6.07 Å². The first kappa shape index (κ1) is 14.9. The van der Waals surface area contributed by atoms with Crippen molar-refractivity contribution in [2.24, 2.45) is 0 Å².